The van der Waals surface area contributed by atoms with Gasteiger partial charge in [0.1, 0.15) is 5.69 Å². The van der Waals surface area contributed by atoms with Crippen molar-refractivity contribution in [2.24, 2.45) is 0 Å². The van der Waals surface area contributed by atoms with Crippen molar-refractivity contribution in [2.45, 2.75) is 31.3 Å². The smallest absolute Gasteiger partial charge is 0.239 e. The number of anilines is 2. The van der Waals surface area contributed by atoms with E-state index in [-0.39, 0.29) is 0 Å². The standard InChI is InChI=1S/C15H24N4O/c1-18(2)13-6-8-16-15(20-3)14(13)17-11-7-10-19-9-4-5-12(11)19/h6,8,11-12,17H,4-5,7,9-10H2,1-3H3. The third-order valence-corrected chi connectivity index (χ3v) is 4.51. The third kappa shape index (κ3) is 2.30. The molecule has 0 aromatic carbocycles. The molecule has 2 aliphatic heterocycles. The fourth-order valence-electron chi connectivity index (χ4n) is 3.53. The van der Waals surface area contributed by atoms with Gasteiger partial charge < -0.3 is 15.0 Å². The predicted octanol–water partition coefficient (Wildman–Crippen LogP) is 1.80. The number of nitrogens with zero attached hydrogens (tertiary/aromatic N) is 3. The summed E-state index contributed by atoms with van der Waals surface area (Å²) in [6.07, 6.45) is 5.64. The highest BCUT2D eigenvalue weighted by Gasteiger charge is 2.37. The van der Waals surface area contributed by atoms with Crippen LogP contribution >= 0.6 is 0 Å². The van der Waals surface area contributed by atoms with E-state index in [4.69, 9.17) is 4.74 Å². The average molecular weight is 276 g/mol. The first-order chi connectivity index (χ1) is 9.70. The first-order valence-corrected chi connectivity index (χ1v) is 7.41. The maximum absolute atomic E-state index is 5.44. The van der Waals surface area contributed by atoms with Gasteiger partial charge >= 0.3 is 0 Å². The summed E-state index contributed by atoms with van der Waals surface area (Å²) < 4.78 is 5.44. The van der Waals surface area contributed by atoms with E-state index in [1.165, 1.54) is 32.4 Å². The van der Waals surface area contributed by atoms with E-state index in [0.717, 1.165) is 11.4 Å². The molecule has 5 nitrogen and oxygen atoms in total. The quantitative estimate of drug-likeness (QED) is 0.908. The van der Waals surface area contributed by atoms with E-state index >= 15 is 0 Å². The van der Waals surface area contributed by atoms with Gasteiger partial charge in [-0.2, -0.15) is 0 Å². The van der Waals surface area contributed by atoms with Crippen molar-refractivity contribution < 1.29 is 4.74 Å². The van der Waals surface area contributed by atoms with Gasteiger partial charge in [0.25, 0.3) is 0 Å². The Labute approximate surface area is 120 Å². The minimum atomic E-state index is 0.509. The van der Waals surface area contributed by atoms with Crippen molar-refractivity contribution in [1.82, 2.24) is 9.88 Å². The number of rotatable bonds is 4. The number of aromatic nitrogens is 1. The predicted molar refractivity (Wildman–Crippen MR) is 81.7 cm³/mol. The molecule has 0 spiro atoms. The van der Waals surface area contributed by atoms with Gasteiger partial charge in [0, 0.05) is 38.9 Å². The molecule has 2 fully saturated rings. The zero-order valence-corrected chi connectivity index (χ0v) is 12.6. The average Bonchev–Trinajstić information content (AvgIpc) is 3.03. The maximum Gasteiger partial charge on any atom is 0.239 e. The molecular weight excluding hydrogens is 252 g/mol. The van der Waals surface area contributed by atoms with Crippen molar-refractivity contribution in [3.63, 3.8) is 0 Å². The van der Waals surface area contributed by atoms with Crippen LogP contribution in [0.5, 0.6) is 5.88 Å². The summed E-state index contributed by atoms with van der Waals surface area (Å²) in [5.41, 5.74) is 2.16. The second-order valence-electron chi connectivity index (χ2n) is 5.89. The molecule has 1 aromatic heterocycles. The summed E-state index contributed by atoms with van der Waals surface area (Å²) in [6, 6.07) is 3.22. The highest BCUT2D eigenvalue weighted by Crippen LogP contribution is 2.36. The van der Waals surface area contributed by atoms with E-state index in [9.17, 15) is 0 Å². The summed E-state index contributed by atoms with van der Waals surface area (Å²) in [6.45, 7) is 2.47. The lowest BCUT2D eigenvalue weighted by atomic mass is 10.1. The third-order valence-electron chi connectivity index (χ3n) is 4.51. The molecule has 0 bridgehead atoms. The monoisotopic (exact) mass is 276 g/mol. The van der Waals surface area contributed by atoms with Crippen molar-refractivity contribution in [1.29, 1.82) is 0 Å². The molecule has 2 unspecified atom stereocenters. The molecule has 2 saturated heterocycles. The van der Waals surface area contributed by atoms with Gasteiger partial charge in [0.05, 0.1) is 12.8 Å². The molecule has 0 saturated carbocycles. The van der Waals surface area contributed by atoms with Gasteiger partial charge in [-0.15, -0.1) is 0 Å². The van der Waals surface area contributed by atoms with Crippen LogP contribution in [0.25, 0.3) is 0 Å². The van der Waals surface area contributed by atoms with Gasteiger partial charge in [0.2, 0.25) is 5.88 Å². The van der Waals surface area contributed by atoms with E-state index < -0.39 is 0 Å². The maximum atomic E-state index is 5.44. The van der Waals surface area contributed by atoms with Crippen LogP contribution in [0.2, 0.25) is 0 Å². The topological polar surface area (TPSA) is 40.6 Å². The zero-order valence-electron chi connectivity index (χ0n) is 12.6. The number of hydrogen-bond acceptors (Lipinski definition) is 5. The van der Waals surface area contributed by atoms with Crippen molar-refractivity contribution >= 4 is 11.4 Å². The van der Waals surface area contributed by atoms with Gasteiger partial charge in [0.15, 0.2) is 0 Å². The molecule has 2 aliphatic rings. The summed E-state index contributed by atoms with van der Waals surface area (Å²) in [5.74, 6) is 0.688. The lowest BCUT2D eigenvalue weighted by Crippen LogP contribution is -2.34. The Kier molecular flexibility index (Phi) is 3.70. The highest BCUT2D eigenvalue weighted by molar-refractivity contribution is 5.74. The van der Waals surface area contributed by atoms with Crippen LogP contribution in [0.1, 0.15) is 19.3 Å². The first-order valence-electron chi connectivity index (χ1n) is 7.41. The molecule has 0 amide bonds. The molecule has 5 heteroatoms. The minimum absolute atomic E-state index is 0.509. The van der Waals surface area contributed by atoms with E-state index in [1.807, 2.05) is 6.07 Å². The van der Waals surface area contributed by atoms with Crippen LogP contribution in [-0.2, 0) is 0 Å². The highest BCUT2D eigenvalue weighted by atomic mass is 16.5. The number of pyridine rings is 1. The Morgan fingerprint density at radius 3 is 2.95 bits per heavy atom. The minimum Gasteiger partial charge on any atom is -0.479 e. The lowest BCUT2D eigenvalue weighted by Gasteiger charge is -2.26. The normalized spacial score (nSPS) is 25.6. The Bertz CT molecular complexity index is 477. The Morgan fingerprint density at radius 2 is 2.20 bits per heavy atom. The second kappa shape index (κ2) is 5.48. The number of nitrogens with one attached hydrogen (secondary N) is 1. The summed E-state index contributed by atoms with van der Waals surface area (Å²) in [4.78, 5) is 9.05. The number of fused-ring (bicyclic) bond motifs is 1. The molecule has 0 aliphatic carbocycles. The van der Waals surface area contributed by atoms with Crippen LogP contribution in [0, 0.1) is 0 Å². The van der Waals surface area contributed by atoms with Gasteiger partial charge in [-0.1, -0.05) is 0 Å². The molecule has 20 heavy (non-hydrogen) atoms. The fraction of sp³-hybridized carbons (Fsp3) is 0.667. The largest absolute Gasteiger partial charge is 0.479 e. The lowest BCUT2D eigenvalue weighted by molar-refractivity contribution is 0.318. The molecule has 2 atom stereocenters. The van der Waals surface area contributed by atoms with Gasteiger partial charge in [-0.05, 0) is 31.9 Å². The van der Waals surface area contributed by atoms with Crippen LogP contribution in [-0.4, -0.2) is 56.3 Å². The summed E-state index contributed by atoms with van der Waals surface area (Å²) in [7, 11) is 5.79. The number of hydrogen-bond donors (Lipinski definition) is 1. The Hall–Kier alpha value is -1.49. The zero-order chi connectivity index (χ0) is 14.1. The van der Waals surface area contributed by atoms with Crippen LogP contribution < -0.4 is 15.0 Å². The summed E-state index contributed by atoms with van der Waals surface area (Å²) in [5, 5.41) is 3.71. The van der Waals surface area contributed by atoms with E-state index in [0.29, 0.717) is 18.0 Å². The molecule has 1 N–H and O–H groups in total. The SMILES string of the molecule is COc1nccc(N(C)C)c1NC1CCN2CCCC12. The Balaban J connectivity index is 1.86. The van der Waals surface area contributed by atoms with Crippen molar-refractivity contribution in [3.8, 4) is 5.88 Å². The fourth-order valence-corrected chi connectivity index (χ4v) is 3.53. The molecule has 3 rings (SSSR count). The second-order valence-corrected chi connectivity index (χ2v) is 5.89. The number of ether oxygens (including phenoxy) is 1. The molecular formula is C15H24N4O. The summed E-state index contributed by atoms with van der Waals surface area (Å²) >= 11 is 0. The van der Waals surface area contributed by atoms with Crippen LogP contribution in [0.3, 0.4) is 0 Å². The van der Waals surface area contributed by atoms with Crippen molar-refractivity contribution in [2.75, 3.05) is 44.5 Å². The molecule has 3 heterocycles. The van der Waals surface area contributed by atoms with E-state index in [2.05, 4.69) is 34.2 Å². The number of methoxy groups -OCH3 is 1. The van der Waals surface area contributed by atoms with Gasteiger partial charge in [-0.25, -0.2) is 4.98 Å². The molecule has 0 radical (unpaired) electrons. The Morgan fingerprint density at radius 1 is 1.35 bits per heavy atom. The van der Waals surface area contributed by atoms with Crippen LogP contribution in [0.4, 0.5) is 11.4 Å². The van der Waals surface area contributed by atoms with E-state index in [1.54, 1.807) is 13.3 Å². The van der Waals surface area contributed by atoms with Crippen LogP contribution in [0.15, 0.2) is 12.3 Å². The first kappa shape index (κ1) is 13.5. The van der Waals surface area contributed by atoms with Gasteiger partial charge in [-0.3, -0.25) is 4.90 Å². The molecule has 110 valence electrons. The molecule has 1 aromatic rings. The van der Waals surface area contributed by atoms with Crippen molar-refractivity contribution in [3.05, 3.63) is 12.3 Å².